The molecule has 0 aromatic heterocycles. The van der Waals surface area contributed by atoms with Gasteiger partial charge >= 0.3 is 6.18 Å². The molecular formula is C13H15F3. The van der Waals surface area contributed by atoms with Gasteiger partial charge in [-0.25, -0.2) is 0 Å². The van der Waals surface area contributed by atoms with E-state index in [9.17, 15) is 13.2 Å². The molecule has 88 valence electrons. The Balaban J connectivity index is 3.08. The quantitative estimate of drug-likeness (QED) is 0.665. The van der Waals surface area contributed by atoms with Crippen LogP contribution < -0.4 is 0 Å². The summed E-state index contributed by atoms with van der Waals surface area (Å²) in [5.41, 5.74) is -0.0128. The molecule has 0 radical (unpaired) electrons. The Morgan fingerprint density at radius 2 is 1.56 bits per heavy atom. The fourth-order valence-corrected chi connectivity index (χ4v) is 1.51. The van der Waals surface area contributed by atoms with Gasteiger partial charge in [-0.1, -0.05) is 32.1 Å². The van der Waals surface area contributed by atoms with E-state index in [4.69, 9.17) is 0 Å². The van der Waals surface area contributed by atoms with Crippen LogP contribution in [0.4, 0.5) is 13.2 Å². The van der Waals surface area contributed by atoms with Gasteiger partial charge in [-0.2, -0.15) is 13.2 Å². The van der Waals surface area contributed by atoms with E-state index in [-0.39, 0.29) is 5.41 Å². The van der Waals surface area contributed by atoms with Crippen molar-refractivity contribution in [1.29, 1.82) is 0 Å². The fourth-order valence-electron chi connectivity index (χ4n) is 1.51. The average molecular weight is 228 g/mol. The van der Waals surface area contributed by atoms with Crippen LogP contribution in [-0.4, -0.2) is 0 Å². The van der Waals surface area contributed by atoms with E-state index in [1.807, 2.05) is 13.8 Å². The van der Waals surface area contributed by atoms with Crippen LogP contribution in [0.25, 0.3) is 0 Å². The standard InChI is InChI=1S/C13H15F3/c1-4-12(3,5-2)10-6-8-11(9-7-10)13(14,15)16/h4,6-9H,1,5H2,2-3H3. The Labute approximate surface area is 93.8 Å². The van der Waals surface area contributed by atoms with Crippen molar-refractivity contribution in [2.75, 3.05) is 0 Å². The van der Waals surface area contributed by atoms with Crippen LogP contribution >= 0.6 is 0 Å². The third-order valence-electron chi connectivity index (χ3n) is 3.06. The van der Waals surface area contributed by atoms with Crippen molar-refractivity contribution < 1.29 is 13.2 Å². The number of hydrogen-bond acceptors (Lipinski definition) is 0. The van der Waals surface area contributed by atoms with E-state index in [1.165, 1.54) is 12.1 Å². The van der Waals surface area contributed by atoms with Crippen molar-refractivity contribution in [2.24, 2.45) is 0 Å². The molecule has 0 fully saturated rings. The smallest absolute Gasteiger partial charge is 0.166 e. The van der Waals surface area contributed by atoms with Gasteiger partial charge < -0.3 is 0 Å². The summed E-state index contributed by atoms with van der Waals surface area (Å²) in [5.74, 6) is 0. The topological polar surface area (TPSA) is 0 Å². The molecule has 0 heterocycles. The van der Waals surface area contributed by atoms with Crippen molar-refractivity contribution in [3.8, 4) is 0 Å². The first-order valence-electron chi connectivity index (χ1n) is 5.15. The molecule has 0 aliphatic carbocycles. The molecule has 0 bridgehead atoms. The number of alkyl halides is 3. The molecule has 0 nitrogen and oxygen atoms in total. The highest BCUT2D eigenvalue weighted by Crippen LogP contribution is 2.33. The molecule has 0 saturated carbocycles. The van der Waals surface area contributed by atoms with Gasteiger partial charge in [0.05, 0.1) is 5.56 Å². The Bertz CT molecular complexity index is 362. The normalized spacial score (nSPS) is 15.6. The first-order chi connectivity index (χ1) is 7.33. The van der Waals surface area contributed by atoms with E-state index < -0.39 is 11.7 Å². The highest BCUT2D eigenvalue weighted by atomic mass is 19.4. The first-order valence-corrected chi connectivity index (χ1v) is 5.15. The zero-order valence-electron chi connectivity index (χ0n) is 9.43. The molecule has 0 spiro atoms. The number of benzene rings is 1. The van der Waals surface area contributed by atoms with E-state index in [0.717, 1.165) is 24.1 Å². The molecule has 0 saturated heterocycles. The Kier molecular flexibility index (Phi) is 3.46. The SMILES string of the molecule is C=CC(C)(CC)c1ccc(C(F)(F)F)cc1. The fraction of sp³-hybridized carbons (Fsp3) is 0.385. The summed E-state index contributed by atoms with van der Waals surface area (Å²) in [7, 11) is 0. The molecule has 1 atom stereocenters. The van der Waals surface area contributed by atoms with E-state index >= 15 is 0 Å². The predicted molar refractivity (Wildman–Crippen MR) is 59.3 cm³/mol. The summed E-state index contributed by atoms with van der Waals surface area (Å²) in [6.07, 6.45) is -1.69. The zero-order valence-corrected chi connectivity index (χ0v) is 9.43. The molecule has 1 unspecified atom stereocenters. The minimum Gasteiger partial charge on any atom is -0.166 e. The van der Waals surface area contributed by atoms with E-state index in [2.05, 4.69) is 6.58 Å². The Morgan fingerprint density at radius 3 is 1.88 bits per heavy atom. The summed E-state index contributed by atoms with van der Waals surface area (Å²) in [6, 6.07) is 5.28. The molecule has 0 aliphatic rings. The second-order valence-electron chi connectivity index (χ2n) is 4.05. The molecule has 1 rings (SSSR count). The summed E-state index contributed by atoms with van der Waals surface area (Å²) < 4.78 is 37.1. The number of halogens is 3. The van der Waals surface area contributed by atoms with Crippen molar-refractivity contribution >= 4 is 0 Å². The van der Waals surface area contributed by atoms with Gasteiger partial charge in [-0.15, -0.1) is 6.58 Å². The van der Waals surface area contributed by atoms with Crippen LogP contribution in [0.5, 0.6) is 0 Å². The minimum atomic E-state index is -4.27. The third-order valence-corrected chi connectivity index (χ3v) is 3.06. The average Bonchev–Trinajstić information content (AvgIpc) is 2.27. The molecule has 1 aromatic carbocycles. The van der Waals surface area contributed by atoms with Crippen molar-refractivity contribution in [3.63, 3.8) is 0 Å². The van der Waals surface area contributed by atoms with Crippen LogP contribution in [0.1, 0.15) is 31.4 Å². The van der Waals surface area contributed by atoms with Gasteiger partial charge in [0.15, 0.2) is 0 Å². The van der Waals surface area contributed by atoms with Crippen LogP contribution in [0, 0.1) is 0 Å². The van der Waals surface area contributed by atoms with Crippen molar-refractivity contribution in [3.05, 3.63) is 48.0 Å². The largest absolute Gasteiger partial charge is 0.416 e. The summed E-state index contributed by atoms with van der Waals surface area (Å²) in [6.45, 7) is 7.68. The van der Waals surface area contributed by atoms with Crippen LogP contribution in [0.2, 0.25) is 0 Å². The van der Waals surface area contributed by atoms with Crippen LogP contribution in [0.15, 0.2) is 36.9 Å². The lowest BCUT2D eigenvalue weighted by molar-refractivity contribution is -0.137. The Morgan fingerprint density at radius 1 is 1.12 bits per heavy atom. The maximum absolute atomic E-state index is 12.4. The van der Waals surface area contributed by atoms with E-state index in [0.29, 0.717) is 0 Å². The molecule has 0 amide bonds. The molecule has 0 N–H and O–H groups in total. The van der Waals surface area contributed by atoms with Crippen molar-refractivity contribution in [2.45, 2.75) is 31.9 Å². The molecule has 3 heteroatoms. The molecule has 1 aromatic rings. The van der Waals surface area contributed by atoms with Gasteiger partial charge in [-0.05, 0) is 24.1 Å². The highest BCUT2D eigenvalue weighted by molar-refractivity contribution is 5.32. The van der Waals surface area contributed by atoms with Crippen molar-refractivity contribution in [1.82, 2.24) is 0 Å². The molecule has 0 aliphatic heterocycles. The zero-order chi connectivity index (χ0) is 12.4. The molecule has 16 heavy (non-hydrogen) atoms. The third kappa shape index (κ3) is 2.46. The first kappa shape index (κ1) is 12.8. The predicted octanol–water partition coefficient (Wildman–Crippen LogP) is 4.56. The monoisotopic (exact) mass is 228 g/mol. The number of hydrogen-bond donors (Lipinski definition) is 0. The molecular weight excluding hydrogens is 213 g/mol. The van der Waals surface area contributed by atoms with Gasteiger partial charge in [0, 0.05) is 5.41 Å². The lowest BCUT2D eigenvalue weighted by Crippen LogP contribution is -2.17. The van der Waals surface area contributed by atoms with Gasteiger partial charge in [0.25, 0.3) is 0 Å². The highest BCUT2D eigenvalue weighted by Gasteiger charge is 2.30. The second kappa shape index (κ2) is 4.32. The van der Waals surface area contributed by atoms with Gasteiger partial charge in [-0.3, -0.25) is 0 Å². The summed E-state index contributed by atoms with van der Waals surface area (Å²) in [4.78, 5) is 0. The van der Waals surface area contributed by atoms with E-state index in [1.54, 1.807) is 6.08 Å². The minimum absolute atomic E-state index is 0.260. The second-order valence-corrected chi connectivity index (χ2v) is 4.05. The van der Waals surface area contributed by atoms with Gasteiger partial charge in [0.2, 0.25) is 0 Å². The maximum Gasteiger partial charge on any atom is 0.416 e. The Hall–Kier alpha value is -1.25. The maximum atomic E-state index is 12.4. The summed E-state index contributed by atoms with van der Waals surface area (Å²) >= 11 is 0. The lowest BCUT2D eigenvalue weighted by atomic mass is 9.80. The van der Waals surface area contributed by atoms with Crippen LogP contribution in [-0.2, 0) is 11.6 Å². The van der Waals surface area contributed by atoms with Gasteiger partial charge in [0.1, 0.15) is 0 Å². The number of rotatable bonds is 3. The lowest BCUT2D eigenvalue weighted by Gasteiger charge is -2.24. The summed E-state index contributed by atoms with van der Waals surface area (Å²) in [5, 5.41) is 0. The van der Waals surface area contributed by atoms with Crippen LogP contribution in [0.3, 0.4) is 0 Å². The number of allylic oxidation sites excluding steroid dienone is 1.